The molecule has 1 fully saturated rings. The van der Waals surface area contributed by atoms with Crippen molar-refractivity contribution in [2.45, 2.75) is 87.6 Å². The highest BCUT2D eigenvalue weighted by Crippen LogP contribution is 2.29. The van der Waals surface area contributed by atoms with E-state index < -0.39 is 0 Å². The number of likely N-dealkylation sites (tertiary alicyclic amines) is 1. The van der Waals surface area contributed by atoms with E-state index in [-0.39, 0.29) is 0 Å². The summed E-state index contributed by atoms with van der Waals surface area (Å²) >= 11 is 0. The first-order valence-electron chi connectivity index (χ1n) is 12.3. The van der Waals surface area contributed by atoms with Crippen molar-refractivity contribution in [3.8, 4) is 5.75 Å². The number of carbonyl (C=O) groups is 1. The van der Waals surface area contributed by atoms with E-state index in [0.717, 1.165) is 39.0 Å². The summed E-state index contributed by atoms with van der Waals surface area (Å²) in [7, 11) is 0. The van der Waals surface area contributed by atoms with Crippen molar-refractivity contribution in [1.82, 2.24) is 15.5 Å². The molecule has 0 atom stereocenters. The van der Waals surface area contributed by atoms with Crippen LogP contribution < -0.4 is 10.6 Å². The number of amides is 1. The average Bonchev–Trinajstić information content (AvgIpc) is 2.79. The summed E-state index contributed by atoms with van der Waals surface area (Å²) in [6.07, 6.45) is 5.64. The molecule has 0 saturated carbocycles. The van der Waals surface area contributed by atoms with Gasteiger partial charge in [-0.25, -0.2) is 0 Å². The smallest absolute Gasteiger partial charge is 0.207 e. The van der Waals surface area contributed by atoms with E-state index in [4.69, 9.17) is 5.11 Å². The van der Waals surface area contributed by atoms with Gasteiger partial charge < -0.3 is 20.6 Å². The van der Waals surface area contributed by atoms with Crippen molar-refractivity contribution in [3.63, 3.8) is 0 Å². The van der Waals surface area contributed by atoms with E-state index in [0.29, 0.717) is 11.2 Å². The van der Waals surface area contributed by atoms with Gasteiger partial charge in [-0.2, -0.15) is 0 Å². The lowest BCUT2D eigenvalue weighted by Gasteiger charge is -2.36. The fourth-order valence-electron chi connectivity index (χ4n) is 3.13. The number of phenols is 1. The molecule has 0 spiro atoms. The van der Waals surface area contributed by atoms with Crippen LogP contribution in [0, 0.1) is 5.41 Å². The summed E-state index contributed by atoms with van der Waals surface area (Å²) in [6, 6.07) is 5.59. The van der Waals surface area contributed by atoms with Crippen molar-refractivity contribution in [2.75, 3.05) is 32.7 Å². The van der Waals surface area contributed by atoms with Gasteiger partial charge in [0.15, 0.2) is 0 Å². The largest absolute Gasteiger partial charge is 0.508 e. The third-order valence-electron chi connectivity index (χ3n) is 4.94. The lowest BCUT2D eigenvalue weighted by molar-refractivity contribution is -0.109. The summed E-state index contributed by atoms with van der Waals surface area (Å²) in [5.41, 5.74) is 3.12. The topological polar surface area (TPSA) is 64.6 Å². The molecule has 5 nitrogen and oxygen atoms in total. The van der Waals surface area contributed by atoms with Gasteiger partial charge in [-0.3, -0.25) is 4.79 Å². The van der Waals surface area contributed by atoms with Crippen LogP contribution in [-0.4, -0.2) is 49.1 Å². The number of fused-ring (bicyclic) bond motifs is 1. The minimum atomic E-state index is 0.368. The molecule has 31 heavy (non-hydrogen) atoms. The summed E-state index contributed by atoms with van der Waals surface area (Å²) in [4.78, 5) is 12.4. The van der Waals surface area contributed by atoms with Crippen LogP contribution in [-0.2, 0) is 17.8 Å². The molecule has 1 amide bonds. The Kier molecular flexibility index (Phi) is 20.7. The van der Waals surface area contributed by atoms with E-state index in [1.807, 2.05) is 39.8 Å². The molecule has 0 radical (unpaired) electrons. The Labute approximate surface area is 193 Å². The lowest BCUT2D eigenvalue weighted by atomic mass is 9.83. The zero-order chi connectivity index (χ0) is 24.1. The Morgan fingerprint density at radius 2 is 1.68 bits per heavy atom. The van der Waals surface area contributed by atoms with E-state index in [2.05, 4.69) is 43.2 Å². The van der Waals surface area contributed by atoms with Gasteiger partial charge in [0.25, 0.3) is 0 Å². The highest BCUT2D eigenvalue weighted by atomic mass is 16.3. The van der Waals surface area contributed by atoms with Crippen molar-refractivity contribution >= 4 is 6.41 Å². The predicted octanol–water partition coefficient (Wildman–Crippen LogP) is 5.36. The van der Waals surface area contributed by atoms with Gasteiger partial charge in [-0.15, -0.1) is 0 Å². The monoisotopic (exact) mass is 437 g/mol. The Morgan fingerprint density at radius 1 is 1.10 bits per heavy atom. The molecule has 2 aliphatic rings. The zero-order valence-electron chi connectivity index (χ0n) is 21.7. The molecule has 2 heterocycles. The lowest BCUT2D eigenvalue weighted by Crippen LogP contribution is -2.40. The predicted molar refractivity (Wildman–Crippen MR) is 136 cm³/mol. The van der Waals surface area contributed by atoms with Crippen molar-refractivity contribution in [3.05, 3.63) is 29.3 Å². The van der Waals surface area contributed by atoms with Gasteiger partial charge in [0, 0.05) is 19.6 Å². The molecule has 3 rings (SSSR count). The van der Waals surface area contributed by atoms with Crippen LogP contribution >= 0.6 is 0 Å². The van der Waals surface area contributed by atoms with Crippen LogP contribution in [0.4, 0.5) is 0 Å². The fourth-order valence-corrected chi connectivity index (χ4v) is 3.13. The molecule has 0 aromatic heterocycles. The normalized spacial score (nSPS) is 16.1. The summed E-state index contributed by atoms with van der Waals surface area (Å²) in [6.45, 7) is 23.0. The number of nitrogens with zero attached hydrogens (tertiary/aromatic N) is 1. The molecule has 182 valence electrons. The first-order chi connectivity index (χ1) is 14.9. The number of nitrogens with one attached hydrogen (secondary N) is 2. The summed E-state index contributed by atoms with van der Waals surface area (Å²) < 4.78 is 0. The van der Waals surface area contributed by atoms with Crippen LogP contribution in [0.5, 0.6) is 5.75 Å². The van der Waals surface area contributed by atoms with Crippen LogP contribution in [0.2, 0.25) is 0 Å². The summed E-state index contributed by atoms with van der Waals surface area (Å²) in [5.74, 6) is 0.368. The number of carbonyl (C=O) groups excluding carboxylic acids is 1. The van der Waals surface area contributed by atoms with Crippen molar-refractivity contribution in [1.29, 1.82) is 0 Å². The van der Waals surface area contributed by atoms with Crippen molar-refractivity contribution in [2.24, 2.45) is 5.41 Å². The maximum atomic E-state index is 10.0. The number of rotatable bonds is 4. The van der Waals surface area contributed by atoms with Gasteiger partial charge in [0.2, 0.25) is 6.41 Å². The second-order valence-corrected chi connectivity index (χ2v) is 8.16. The van der Waals surface area contributed by atoms with E-state index in [1.54, 1.807) is 6.07 Å². The quantitative estimate of drug-likeness (QED) is 0.438. The van der Waals surface area contributed by atoms with Gasteiger partial charge in [-0.1, -0.05) is 67.9 Å². The Hall–Kier alpha value is -1.59. The number of phenolic OH excluding ortho intramolecular Hbond substituents is 1. The van der Waals surface area contributed by atoms with Gasteiger partial charge in [0.1, 0.15) is 5.75 Å². The number of piperidine rings is 1. The molecule has 3 N–H and O–H groups in total. The minimum Gasteiger partial charge on any atom is -0.508 e. The van der Waals surface area contributed by atoms with Gasteiger partial charge in [-0.05, 0) is 67.6 Å². The Bertz CT molecular complexity index is 537. The van der Waals surface area contributed by atoms with Gasteiger partial charge in [0.05, 0.1) is 0 Å². The number of hydrogen-bond donors (Lipinski definition) is 3. The average molecular weight is 438 g/mol. The first kappa shape index (κ1) is 31.6. The zero-order valence-corrected chi connectivity index (χ0v) is 21.7. The molecule has 5 heteroatoms. The van der Waals surface area contributed by atoms with E-state index in [1.165, 1.54) is 43.5 Å². The second-order valence-electron chi connectivity index (χ2n) is 8.16. The van der Waals surface area contributed by atoms with Crippen LogP contribution in [0.15, 0.2) is 18.2 Å². The third-order valence-corrected chi connectivity index (χ3v) is 4.94. The molecular formula is C26H51N3O2. The highest BCUT2D eigenvalue weighted by molar-refractivity contribution is 5.45. The maximum absolute atomic E-state index is 10.0. The number of aromatic hydroxyl groups is 1. The summed E-state index contributed by atoms with van der Waals surface area (Å²) in [5, 5.41) is 15.1. The molecule has 1 aromatic rings. The first-order valence-corrected chi connectivity index (χ1v) is 12.3. The standard InChI is InChI=1S/C10H20N2O.C9H11NO.C3H8.2C2H6/c1-10(2)3-6-12(7-4-10)8-5-11-9-13;11-9-2-1-7-3-4-10-6-8(7)5-9;1-3-2;2*1-2/h9H,3-8H2,1-2H3,(H,11,13);1-2,5,10-11H,3-4,6H2;3H2,1-2H3;2*1-2H3. The SMILES string of the molecule is CC.CC.CC1(C)CCN(CCNC=O)CC1.CCC.Oc1ccc2c(c1)CNCC2. The third kappa shape index (κ3) is 15.8. The number of hydrogen-bond acceptors (Lipinski definition) is 4. The minimum absolute atomic E-state index is 0.368. The maximum Gasteiger partial charge on any atom is 0.207 e. The Morgan fingerprint density at radius 3 is 2.23 bits per heavy atom. The molecular weight excluding hydrogens is 386 g/mol. The Balaban J connectivity index is 0. The van der Waals surface area contributed by atoms with E-state index in [9.17, 15) is 4.79 Å². The highest BCUT2D eigenvalue weighted by Gasteiger charge is 2.24. The van der Waals surface area contributed by atoms with Crippen LogP contribution in [0.25, 0.3) is 0 Å². The van der Waals surface area contributed by atoms with Crippen LogP contribution in [0.1, 0.15) is 85.8 Å². The molecule has 1 aromatic carbocycles. The fraction of sp³-hybridized carbons (Fsp3) is 0.731. The van der Waals surface area contributed by atoms with Crippen LogP contribution in [0.3, 0.4) is 0 Å². The molecule has 0 bridgehead atoms. The second kappa shape index (κ2) is 20.3. The van der Waals surface area contributed by atoms with Gasteiger partial charge >= 0.3 is 0 Å². The number of benzene rings is 1. The molecule has 2 aliphatic heterocycles. The molecule has 1 saturated heterocycles. The molecule has 0 unspecified atom stereocenters. The van der Waals surface area contributed by atoms with E-state index >= 15 is 0 Å². The molecule has 0 aliphatic carbocycles. The van der Waals surface area contributed by atoms with Crippen molar-refractivity contribution < 1.29 is 9.90 Å².